The van der Waals surface area contributed by atoms with Gasteiger partial charge in [0.2, 0.25) is 0 Å². The second kappa shape index (κ2) is 7.26. The van der Waals surface area contributed by atoms with Gasteiger partial charge in [-0.05, 0) is 42.5 Å². The number of rotatable bonds is 3. The Morgan fingerprint density at radius 2 is 1.79 bits per heavy atom. The van der Waals surface area contributed by atoms with E-state index in [2.05, 4.69) is 4.90 Å². The van der Waals surface area contributed by atoms with E-state index in [1.54, 1.807) is 18.2 Å². The fourth-order valence-corrected chi connectivity index (χ4v) is 4.00. The highest BCUT2D eigenvalue weighted by atomic mass is 35.5. The van der Waals surface area contributed by atoms with E-state index in [4.69, 9.17) is 28.9 Å². The van der Waals surface area contributed by atoms with Crippen LogP contribution in [0, 0.1) is 17.6 Å². The van der Waals surface area contributed by atoms with Crippen molar-refractivity contribution in [1.29, 1.82) is 0 Å². The zero-order chi connectivity index (χ0) is 17.3. The van der Waals surface area contributed by atoms with Crippen molar-refractivity contribution in [3.05, 3.63) is 63.6 Å². The standard InChI is InChI=1S/C18H18Cl2F2N2/c19-15-2-1-3-16(20)18(15)24-9-11(7-14(23)10-24)6-12-4-5-13(21)8-17(12)22/h1-5,8,11,14H,6-7,9-10,23H2/t11-,14+/m1/s1. The topological polar surface area (TPSA) is 29.3 Å². The molecular formula is C18H18Cl2F2N2. The maximum Gasteiger partial charge on any atom is 0.129 e. The van der Waals surface area contributed by atoms with Crippen LogP contribution in [-0.4, -0.2) is 19.1 Å². The second-order valence-electron chi connectivity index (χ2n) is 6.28. The number of hydrogen-bond donors (Lipinski definition) is 1. The molecule has 24 heavy (non-hydrogen) atoms. The summed E-state index contributed by atoms with van der Waals surface area (Å²) in [6.07, 6.45) is 1.27. The van der Waals surface area contributed by atoms with Gasteiger partial charge in [0.15, 0.2) is 0 Å². The SMILES string of the molecule is N[C@H]1C[C@@H](Cc2ccc(F)cc2F)CN(c2c(Cl)cccc2Cl)C1. The van der Waals surface area contributed by atoms with Crippen molar-refractivity contribution in [2.45, 2.75) is 18.9 Å². The third-order valence-corrected chi connectivity index (χ3v) is 4.96. The zero-order valence-electron chi connectivity index (χ0n) is 13.0. The van der Waals surface area contributed by atoms with E-state index in [-0.39, 0.29) is 12.0 Å². The average Bonchev–Trinajstić information content (AvgIpc) is 2.49. The summed E-state index contributed by atoms with van der Waals surface area (Å²) in [5.41, 5.74) is 7.45. The normalized spacial score (nSPS) is 21.1. The van der Waals surface area contributed by atoms with Crippen molar-refractivity contribution < 1.29 is 8.78 Å². The summed E-state index contributed by atoms with van der Waals surface area (Å²) >= 11 is 12.6. The minimum Gasteiger partial charge on any atom is -0.367 e. The van der Waals surface area contributed by atoms with Crippen molar-refractivity contribution in [3.63, 3.8) is 0 Å². The Balaban J connectivity index is 1.81. The lowest BCUT2D eigenvalue weighted by Gasteiger charge is -2.38. The number of para-hydroxylation sites is 1. The molecule has 2 nitrogen and oxygen atoms in total. The molecule has 1 aliphatic heterocycles. The molecular weight excluding hydrogens is 353 g/mol. The lowest BCUT2D eigenvalue weighted by atomic mass is 9.88. The molecule has 0 radical (unpaired) electrons. The molecule has 2 aromatic carbocycles. The maximum atomic E-state index is 13.9. The van der Waals surface area contributed by atoms with Gasteiger partial charge < -0.3 is 10.6 Å². The van der Waals surface area contributed by atoms with Gasteiger partial charge in [0, 0.05) is 25.2 Å². The molecule has 1 aliphatic rings. The van der Waals surface area contributed by atoms with Crippen molar-refractivity contribution in [1.82, 2.24) is 0 Å². The quantitative estimate of drug-likeness (QED) is 0.850. The highest BCUT2D eigenvalue weighted by Gasteiger charge is 2.28. The van der Waals surface area contributed by atoms with Gasteiger partial charge in [-0.15, -0.1) is 0 Å². The van der Waals surface area contributed by atoms with E-state index in [0.717, 1.165) is 18.2 Å². The molecule has 2 aromatic rings. The Labute approximate surface area is 150 Å². The van der Waals surface area contributed by atoms with E-state index in [1.165, 1.54) is 12.1 Å². The number of nitrogens with zero attached hydrogens (tertiary/aromatic N) is 1. The van der Waals surface area contributed by atoms with Crippen LogP contribution in [0.1, 0.15) is 12.0 Å². The first-order chi connectivity index (χ1) is 11.4. The number of hydrogen-bond acceptors (Lipinski definition) is 2. The minimum atomic E-state index is -0.568. The van der Waals surface area contributed by atoms with Crippen molar-refractivity contribution in [2.24, 2.45) is 11.7 Å². The first kappa shape index (κ1) is 17.5. The Bertz CT molecular complexity index is 719. The summed E-state index contributed by atoms with van der Waals surface area (Å²) < 4.78 is 27.0. The van der Waals surface area contributed by atoms with Crippen LogP contribution in [-0.2, 0) is 6.42 Å². The van der Waals surface area contributed by atoms with E-state index in [9.17, 15) is 8.78 Å². The lowest BCUT2D eigenvalue weighted by Crippen LogP contribution is -2.48. The molecule has 2 atom stereocenters. The molecule has 0 aliphatic carbocycles. The summed E-state index contributed by atoms with van der Waals surface area (Å²) in [5, 5.41) is 1.15. The Kier molecular flexibility index (Phi) is 5.28. The number of benzene rings is 2. The largest absolute Gasteiger partial charge is 0.367 e. The van der Waals surface area contributed by atoms with Gasteiger partial charge in [-0.25, -0.2) is 8.78 Å². The van der Waals surface area contributed by atoms with Crippen LogP contribution < -0.4 is 10.6 Å². The third kappa shape index (κ3) is 3.82. The number of anilines is 1. The Morgan fingerprint density at radius 3 is 2.46 bits per heavy atom. The Hall–Kier alpha value is -1.36. The maximum absolute atomic E-state index is 13.9. The van der Waals surface area contributed by atoms with Gasteiger partial charge >= 0.3 is 0 Å². The van der Waals surface area contributed by atoms with E-state index in [0.29, 0.717) is 35.1 Å². The van der Waals surface area contributed by atoms with Crippen LogP contribution in [0.2, 0.25) is 10.0 Å². The highest BCUT2D eigenvalue weighted by Crippen LogP contribution is 2.36. The zero-order valence-corrected chi connectivity index (χ0v) is 14.5. The predicted octanol–water partition coefficient (Wildman–Crippen LogP) is 4.67. The molecule has 1 heterocycles. The number of piperidine rings is 1. The van der Waals surface area contributed by atoms with Gasteiger partial charge in [0.05, 0.1) is 15.7 Å². The second-order valence-corrected chi connectivity index (χ2v) is 7.09. The first-order valence-electron chi connectivity index (χ1n) is 7.82. The van der Waals surface area contributed by atoms with Crippen LogP contribution >= 0.6 is 23.2 Å². The van der Waals surface area contributed by atoms with E-state index < -0.39 is 11.6 Å². The molecule has 128 valence electrons. The van der Waals surface area contributed by atoms with Gasteiger partial charge in [0.1, 0.15) is 11.6 Å². The molecule has 1 saturated heterocycles. The van der Waals surface area contributed by atoms with Gasteiger partial charge in [-0.3, -0.25) is 0 Å². The smallest absolute Gasteiger partial charge is 0.129 e. The summed E-state index contributed by atoms with van der Waals surface area (Å²) in [7, 11) is 0. The third-order valence-electron chi connectivity index (χ3n) is 4.35. The van der Waals surface area contributed by atoms with Crippen LogP contribution in [0.4, 0.5) is 14.5 Å². The van der Waals surface area contributed by atoms with E-state index >= 15 is 0 Å². The average molecular weight is 371 g/mol. The van der Waals surface area contributed by atoms with Gasteiger partial charge in [-0.2, -0.15) is 0 Å². The fraction of sp³-hybridized carbons (Fsp3) is 0.333. The highest BCUT2D eigenvalue weighted by molar-refractivity contribution is 6.39. The van der Waals surface area contributed by atoms with Crippen molar-refractivity contribution in [3.8, 4) is 0 Å². The van der Waals surface area contributed by atoms with E-state index in [1.807, 2.05) is 0 Å². The van der Waals surface area contributed by atoms with Gasteiger partial charge in [-0.1, -0.05) is 35.3 Å². The minimum absolute atomic E-state index is 0.0559. The predicted molar refractivity (Wildman–Crippen MR) is 94.8 cm³/mol. The Morgan fingerprint density at radius 1 is 1.08 bits per heavy atom. The van der Waals surface area contributed by atoms with Crippen LogP contribution in [0.3, 0.4) is 0 Å². The lowest BCUT2D eigenvalue weighted by molar-refractivity contribution is 0.370. The molecule has 0 bridgehead atoms. The van der Waals surface area contributed by atoms with Crippen LogP contribution in [0.5, 0.6) is 0 Å². The van der Waals surface area contributed by atoms with Crippen LogP contribution in [0.25, 0.3) is 0 Å². The summed E-state index contributed by atoms with van der Waals surface area (Å²) in [4.78, 5) is 2.06. The number of nitrogens with two attached hydrogens (primary N) is 1. The van der Waals surface area contributed by atoms with Gasteiger partial charge in [0.25, 0.3) is 0 Å². The fourth-order valence-electron chi connectivity index (χ4n) is 3.37. The molecule has 0 unspecified atom stereocenters. The summed E-state index contributed by atoms with van der Waals surface area (Å²) in [6.45, 7) is 1.32. The first-order valence-corrected chi connectivity index (χ1v) is 8.58. The van der Waals surface area contributed by atoms with Crippen LogP contribution in [0.15, 0.2) is 36.4 Å². The van der Waals surface area contributed by atoms with Crippen molar-refractivity contribution >= 4 is 28.9 Å². The molecule has 0 aromatic heterocycles. The molecule has 0 amide bonds. The molecule has 0 spiro atoms. The van der Waals surface area contributed by atoms with Crippen molar-refractivity contribution in [2.75, 3.05) is 18.0 Å². The monoisotopic (exact) mass is 370 g/mol. The molecule has 6 heteroatoms. The molecule has 3 rings (SSSR count). The molecule has 0 saturated carbocycles. The summed E-state index contributed by atoms with van der Waals surface area (Å²) in [6, 6.07) is 9.01. The summed E-state index contributed by atoms with van der Waals surface area (Å²) in [5.74, 6) is -0.946. The number of halogens is 4. The molecule has 1 fully saturated rings. The molecule has 2 N–H and O–H groups in total.